The lowest BCUT2D eigenvalue weighted by atomic mass is 9.78. The van der Waals surface area contributed by atoms with Gasteiger partial charge in [0.1, 0.15) is 5.75 Å². The topological polar surface area (TPSA) is 29.5 Å². The van der Waals surface area contributed by atoms with Crippen molar-refractivity contribution in [2.24, 2.45) is 0 Å². The Bertz CT molecular complexity index is 560. The van der Waals surface area contributed by atoms with Crippen LogP contribution in [0.3, 0.4) is 0 Å². The lowest BCUT2D eigenvalue weighted by Crippen LogP contribution is -2.18. The molecule has 0 bridgehead atoms. The van der Waals surface area contributed by atoms with Crippen LogP contribution in [0, 0.1) is 0 Å². The average Bonchev–Trinajstić information content (AvgIpc) is 2.48. The molecule has 0 saturated carbocycles. The Hall–Kier alpha value is -1.80. The lowest BCUT2D eigenvalue weighted by Gasteiger charge is -2.30. The van der Waals surface area contributed by atoms with Gasteiger partial charge in [-0.1, -0.05) is 36.4 Å². The van der Waals surface area contributed by atoms with Crippen LogP contribution in [0.1, 0.15) is 35.1 Å². The second kappa shape index (κ2) is 5.06. The van der Waals surface area contributed by atoms with Crippen LogP contribution < -0.4 is 4.74 Å². The Kier molecular flexibility index (Phi) is 3.26. The molecular formula is C17H18O2. The smallest absolute Gasteiger partial charge is 0.118 e. The highest BCUT2D eigenvalue weighted by Crippen LogP contribution is 2.40. The molecule has 2 heteroatoms. The summed E-state index contributed by atoms with van der Waals surface area (Å²) in [6.07, 6.45) is 1.62. The summed E-state index contributed by atoms with van der Waals surface area (Å²) in [4.78, 5) is 0. The Balaban J connectivity index is 1.90. The van der Waals surface area contributed by atoms with Crippen LogP contribution in [-0.2, 0) is 6.42 Å². The highest BCUT2D eigenvalue weighted by Gasteiger charge is 2.28. The van der Waals surface area contributed by atoms with Gasteiger partial charge in [-0.3, -0.25) is 0 Å². The molecule has 0 fully saturated rings. The van der Waals surface area contributed by atoms with Crippen LogP contribution in [0.4, 0.5) is 0 Å². The maximum Gasteiger partial charge on any atom is 0.118 e. The van der Waals surface area contributed by atoms with Gasteiger partial charge in [0.25, 0.3) is 0 Å². The SMILES string of the molecule is COc1ccc(C2CCc3ccccc3C2O)cc1. The highest BCUT2D eigenvalue weighted by atomic mass is 16.5. The second-order valence-corrected chi connectivity index (χ2v) is 5.06. The van der Waals surface area contributed by atoms with E-state index in [0.29, 0.717) is 0 Å². The fourth-order valence-corrected chi connectivity index (χ4v) is 2.94. The number of hydrogen-bond acceptors (Lipinski definition) is 2. The van der Waals surface area contributed by atoms with Gasteiger partial charge in [-0.25, -0.2) is 0 Å². The van der Waals surface area contributed by atoms with Gasteiger partial charge < -0.3 is 9.84 Å². The quantitative estimate of drug-likeness (QED) is 0.889. The minimum Gasteiger partial charge on any atom is -0.497 e. The summed E-state index contributed by atoms with van der Waals surface area (Å²) in [6, 6.07) is 16.2. The molecule has 2 unspecified atom stereocenters. The zero-order valence-corrected chi connectivity index (χ0v) is 11.0. The highest BCUT2D eigenvalue weighted by molar-refractivity contribution is 5.37. The fraction of sp³-hybridized carbons (Fsp3) is 0.294. The van der Waals surface area contributed by atoms with Gasteiger partial charge in [-0.15, -0.1) is 0 Å². The van der Waals surface area contributed by atoms with E-state index in [9.17, 15) is 5.11 Å². The second-order valence-electron chi connectivity index (χ2n) is 5.06. The van der Waals surface area contributed by atoms with E-state index in [4.69, 9.17) is 4.74 Å². The summed E-state index contributed by atoms with van der Waals surface area (Å²) < 4.78 is 5.18. The maximum absolute atomic E-state index is 10.6. The molecule has 1 N–H and O–H groups in total. The van der Waals surface area contributed by atoms with E-state index in [-0.39, 0.29) is 5.92 Å². The number of rotatable bonds is 2. The molecule has 2 nitrogen and oxygen atoms in total. The van der Waals surface area contributed by atoms with Crippen LogP contribution in [-0.4, -0.2) is 12.2 Å². The zero-order chi connectivity index (χ0) is 13.2. The fourth-order valence-electron chi connectivity index (χ4n) is 2.94. The summed E-state index contributed by atoms with van der Waals surface area (Å²) >= 11 is 0. The van der Waals surface area contributed by atoms with Crippen LogP contribution in [0.15, 0.2) is 48.5 Å². The number of benzene rings is 2. The van der Waals surface area contributed by atoms with Crippen molar-refractivity contribution < 1.29 is 9.84 Å². The summed E-state index contributed by atoms with van der Waals surface area (Å²) in [6.45, 7) is 0. The minimum absolute atomic E-state index is 0.181. The number of aliphatic hydroxyl groups excluding tert-OH is 1. The summed E-state index contributed by atoms with van der Waals surface area (Å²) in [5.41, 5.74) is 3.54. The standard InChI is InChI=1S/C17H18O2/c1-19-14-9-6-13(7-10-14)16-11-8-12-4-2-3-5-15(12)17(16)18/h2-7,9-10,16-18H,8,11H2,1H3. The largest absolute Gasteiger partial charge is 0.497 e. The number of fused-ring (bicyclic) bond motifs is 1. The number of methoxy groups -OCH3 is 1. The molecule has 98 valence electrons. The van der Waals surface area contributed by atoms with Crippen molar-refractivity contribution in [3.63, 3.8) is 0 Å². The van der Waals surface area contributed by atoms with Gasteiger partial charge in [-0.05, 0) is 41.7 Å². The number of hydrogen-bond donors (Lipinski definition) is 1. The average molecular weight is 254 g/mol. The molecule has 0 spiro atoms. The number of aliphatic hydroxyl groups is 1. The zero-order valence-electron chi connectivity index (χ0n) is 11.0. The molecule has 3 rings (SSSR count). The van der Waals surface area contributed by atoms with Crippen LogP contribution >= 0.6 is 0 Å². The van der Waals surface area contributed by atoms with Gasteiger partial charge >= 0.3 is 0 Å². The normalized spacial score (nSPS) is 21.8. The van der Waals surface area contributed by atoms with Crippen molar-refractivity contribution in [2.45, 2.75) is 24.9 Å². The third-order valence-electron chi connectivity index (χ3n) is 4.02. The van der Waals surface area contributed by atoms with Crippen LogP contribution in [0.5, 0.6) is 5.75 Å². The molecule has 2 aromatic rings. The molecule has 0 saturated heterocycles. The molecule has 0 radical (unpaired) electrons. The van der Waals surface area contributed by atoms with Crippen LogP contribution in [0.2, 0.25) is 0 Å². The summed E-state index contributed by atoms with van der Waals surface area (Å²) in [5, 5.41) is 10.6. The van der Waals surface area contributed by atoms with Gasteiger partial charge in [0, 0.05) is 5.92 Å². The lowest BCUT2D eigenvalue weighted by molar-refractivity contribution is 0.131. The molecule has 2 atom stereocenters. The first-order chi connectivity index (χ1) is 9.29. The predicted octanol–water partition coefficient (Wildman–Crippen LogP) is 3.46. The van der Waals surface area contributed by atoms with E-state index in [1.807, 2.05) is 30.3 Å². The summed E-state index contributed by atoms with van der Waals surface area (Å²) in [5.74, 6) is 1.04. The number of ether oxygens (including phenoxy) is 1. The van der Waals surface area contributed by atoms with E-state index in [1.54, 1.807) is 7.11 Å². The molecule has 2 aromatic carbocycles. The molecular weight excluding hydrogens is 236 g/mol. The third-order valence-corrected chi connectivity index (χ3v) is 4.02. The molecule has 0 aliphatic heterocycles. The first kappa shape index (κ1) is 12.2. The monoisotopic (exact) mass is 254 g/mol. The van der Waals surface area contributed by atoms with Crippen molar-refractivity contribution in [1.29, 1.82) is 0 Å². The van der Waals surface area contributed by atoms with E-state index < -0.39 is 6.10 Å². The maximum atomic E-state index is 10.6. The Morgan fingerprint density at radius 3 is 2.53 bits per heavy atom. The molecule has 1 aliphatic rings. The Morgan fingerprint density at radius 2 is 1.79 bits per heavy atom. The minimum atomic E-state index is -0.404. The molecule has 0 aromatic heterocycles. The van der Waals surface area contributed by atoms with Gasteiger partial charge in [0.05, 0.1) is 13.2 Å². The molecule has 1 aliphatic carbocycles. The summed E-state index contributed by atoms with van der Waals surface area (Å²) in [7, 11) is 1.67. The van der Waals surface area contributed by atoms with Crippen molar-refractivity contribution >= 4 is 0 Å². The van der Waals surface area contributed by atoms with E-state index >= 15 is 0 Å². The van der Waals surface area contributed by atoms with Crippen LogP contribution in [0.25, 0.3) is 0 Å². The molecule has 19 heavy (non-hydrogen) atoms. The third kappa shape index (κ3) is 2.24. The van der Waals surface area contributed by atoms with Crippen molar-refractivity contribution in [3.05, 3.63) is 65.2 Å². The van der Waals surface area contributed by atoms with Crippen molar-refractivity contribution in [3.8, 4) is 5.75 Å². The first-order valence-corrected chi connectivity index (χ1v) is 6.69. The molecule has 0 heterocycles. The van der Waals surface area contributed by atoms with E-state index in [1.165, 1.54) is 11.1 Å². The Morgan fingerprint density at radius 1 is 1.05 bits per heavy atom. The number of aryl methyl sites for hydroxylation is 1. The van der Waals surface area contributed by atoms with Crippen molar-refractivity contribution in [1.82, 2.24) is 0 Å². The van der Waals surface area contributed by atoms with E-state index in [2.05, 4.69) is 18.2 Å². The Labute approximate surface area is 113 Å². The van der Waals surface area contributed by atoms with Gasteiger partial charge in [0.2, 0.25) is 0 Å². The van der Waals surface area contributed by atoms with Crippen molar-refractivity contribution in [2.75, 3.05) is 7.11 Å². The predicted molar refractivity (Wildman–Crippen MR) is 75.5 cm³/mol. The van der Waals surface area contributed by atoms with Gasteiger partial charge in [0.15, 0.2) is 0 Å². The van der Waals surface area contributed by atoms with E-state index in [0.717, 1.165) is 24.2 Å². The van der Waals surface area contributed by atoms with Gasteiger partial charge in [-0.2, -0.15) is 0 Å². The first-order valence-electron chi connectivity index (χ1n) is 6.69. The molecule has 0 amide bonds.